The van der Waals surface area contributed by atoms with Gasteiger partial charge in [0.15, 0.2) is 11.6 Å². The number of nitrogens with one attached hydrogen (secondary N) is 1. The standard InChI is InChI=1S/C21H38N6O/c1-2-3-16-28-21-24-19(22)18-20(25-21)27(17-23-18)15-11-7-10-14-26-12-8-5-4-6-9-13-26/h23H,2-17H2,1H3,(H2,22,24,25). The summed E-state index contributed by atoms with van der Waals surface area (Å²) in [6.45, 7) is 8.35. The van der Waals surface area contributed by atoms with Crippen molar-refractivity contribution in [3.63, 3.8) is 0 Å². The number of anilines is 3. The fraction of sp³-hybridized carbons (Fsp3) is 0.810. The third kappa shape index (κ3) is 6.12. The average molecular weight is 391 g/mol. The number of nitrogens with two attached hydrogens (primary N) is 1. The number of hydrogen-bond acceptors (Lipinski definition) is 7. The summed E-state index contributed by atoms with van der Waals surface area (Å²) in [6.07, 6.45) is 12.8. The zero-order valence-electron chi connectivity index (χ0n) is 17.6. The van der Waals surface area contributed by atoms with Gasteiger partial charge in [-0.3, -0.25) is 0 Å². The Morgan fingerprint density at radius 3 is 2.50 bits per heavy atom. The first kappa shape index (κ1) is 21.0. The van der Waals surface area contributed by atoms with Crippen molar-refractivity contribution in [2.24, 2.45) is 0 Å². The van der Waals surface area contributed by atoms with Gasteiger partial charge in [0.1, 0.15) is 5.69 Å². The lowest BCUT2D eigenvalue weighted by atomic mass is 10.1. The Morgan fingerprint density at radius 2 is 1.71 bits per heavy atom. The number of unbranched alkanes of at least 4 members (excludes halogenated alkanes) is 3. The van der Waals surface area contributed by atoms with Crippen LogP contribution in [-0.2, 0) is 0 Å². The Morgan fingerprint density at radius 1 is 0.964 bits per heavy atom. The summed E-state index contributed by atoms with van der Waals surface area (Å²) in [6, 6.07) is 0.399. The van der Waals surface area contributed by atoms with Crippen LogP contribution >= 0.6 is 0 Å². The molecule has 0 amide bonds. The molecule has 0 aliphatic carbocycles. The molecule has 158 valence electrons. The molecule has 7 nitrogen and oxygen atoms in total. The maximum Gasteiger partial charge on any atom is 0.320 e. The summed E-state index contributed by atoms with van der Waals surface area (Å²) in [5, 5.41) is 3.33. The van der Waals surface area contributed by atoms with E-state index in [-0.39, 0.29) is 0 Å². The van der Waals surface area contributed by atoms with Crippen molar-refractivity contribution in [3.05, 3.63) is 0 Å². The summed E-state index contributed by atoms with van der Waals surface area (Å²) in [5.41, 5.74) is 6.95. The largest absolute Gasteiger partial charge is 0.463 e. The van der Waals surface area contributed by atoms with Crippen molar-refractivity contribution in [1.29, 1.82) is 0 Å². The number of nitrogens with zero attached hydrogens (tertiary/aromatic N) is 4. The fourth-order valence-corrected chi connectivity index (χ4v) is 4.00. The predicted octanol–water partition coefficient (Wildman–Crippen LogP) is 3.86. The molecule has 0 aromatic carbocycles. The van der Waals surface area contributed by atoms with Gasteiger partial charge < -0.3 is 25.6 Å². The molecule has 1 saturated heterocycles. The van der Waals surface area contributed by atoms with Gasteiger partial charge in [0, 0.05) is 6.54 Å². The Kier molecular flexibility index (Phi) is 8.45. The second-order valence-electron chi connectivity index (χ2n) is 8.06. The molecular formula is C21H38N6O. The van der Waals surface area contributed by atoms with Crippen LogP contribution < -0.4 is 20.7 Å². The lowest BCUT2D eigenvalue weighted by Crippen LogP contribution is -2.28. The zero-order valence-corrected chi connectivity index (χ0v) is 17.6. The van der Waals surface area contributed by atoms with E-state index in [1.807, 2.05) is 0 Å². The molecule has 3 N–H and O–H groups in total. The van der Waals surface area contributed by atoms with E-state index in [4.69, 9.17) is 10.5 Å². The Balaban J connectivity index is 1.41. The Hall–Kier alpha value is -1.76. The molecule has 0 spiro atoms. The minimum Gasteiger partial charge on any atom is -0.463 e. The van der Waals surface area contributed by atoms with Crippen molar-refractivity contribution < 1.29 is 4.74 Å². The van der Waals surface area contributed by atoms with Crippen LogP contribution in [0, 0.1) is 0 Å². The highest BCUT2D eigenvalue weighted by atomic mass is 16.5. The minimum absolute atomic E-state index is 0.399. The van der Waals surface area contributed by atoms with E-state index in [0.717, 1.165) is 37.6 Å². The molecule has 0 saturated carbocycles. The molecule has 0 atom stereocenters. The Labute approximate surface area is 170 Å². The van der Waals surface area contributed by atoms with Gasteiger partial charge in [-0.05, 0) is 51.7 Å². The first-order valence-corrected chi connectivity index (χ1v) is 11.3. The maximum absolute atomic E-state index is 6.10. The van der Waals surface area contributed by atoms with Gasteiger partial charge in [-0.15, -0.1) is 0 Å². The smallest absolute Gasteiger partial charge is 0.320 e. The monoisotopic (exact) mass is 390 g/mol. The van der Waals surface area contributed by atoms with Gasteiger partial charge in [-0.2, -0.15) is 9.97 Å². The second kappa shape index (κ2) is 11.3. The Bertz CT molecular complexity index is 589. The minimum atomic E-state index is 0.399. The quantitative estimate of drug-likeness (QED) is 0.587. The van der Waals surface area contributed by atoms with E-state index in [2.05, 4.69) is 32.0 Å². The van der Waals surface area contributed by atoms with Crippen molar-refractivity contribution in [1.82, 2.24) is 14.9 Å². The van der Waals surface area contributed by atoms with Gasteiger partial charge in [-0.1, -0.05) is 39.0 Å². The number of ether oxygens (including phenoxy) is 1. The van der Waals surface area contributed by atoms with Crippen LogP contribution in [0.3, 0.4) is 0 Å². The summed E-state index contributed by atoms with van der Waals surface area (Å²) < 4.78 is 5.67. The van der Waals surface area contributed by atoms with Crippen molar-refractivity contribution >= 4 is 17.3 Å². The van der Waals surface area contributed by atoms with Gasteiger partial charge in [0.2, 0.25) is 0 Å². The number of fused-ring (bicyclic) bond motifs is 1. The van der Waals surface area contributed by atoms with E-state index in [9.17, 15) is 0 Å². The summed E-state index contributed by atoms with van der Waals surface area (Å²) >= 11 is 0. The maximum atomic E-state index is 6.10. The predicted molar refractivity (Wildman–Crippen MR) is 116 cm³/mol. The summed E-state index contributed by atoms with van der Waals surface area (Å²) in [4.78, 5) is 13.8. The molecule has 1 fully saturated rings. The molecule has 0 unspecified atom stereocenters. The molecule has 7 heteroatoms. The highest BCUT2D eigenvalue weighted by Crippen LogP contribution is 2.35. The third-order valence-electron chi connectivity index (χ3n) is 5.72. The van der Waals surface area contributed by atoms with Crippen LogP contribution in [0.5, 0.6) is 6.01 Å². The first-order chi connectivity index (χ1) is 13.8. The van der Waals surface area contributed by atoms with Gasteiger partial charge in [0.05, 0.1) is 13.3 Å². The van der Waals surface area contributed by atoms with Crippen LogP contribution in [-0.4, -0.2) is 54.3 Å². The normalized spacial score (nSPS) is 17.7. The van der Waals surface area contributed by atoms with E-state index in [1.54, 1.807) is 0 Å². The third-order valence-corrected chi connectivity index (χ3v) is 5.72. The molecule has 0 bridgehead atoms. The molecule has 2 aliphatic rings. The lowest BCUT2D eigenvalue weighted by Gasteiger charge is -2.24. The average Bonchev–Trinajstić information content (AvgIpc) is 3.07. The van der Waals surface area contributed by atoms with E-state index < -0.39 is 0 Å². The van der Waals surface area contributed by atoms with Crippen LogP contribution in [0.4, 0.5) is 17.3 Å². The molecule has 0 radical (unpaired) electrons. The van der Waals surface area contributed by atoms with Crippen molar-refractivity contribution in [2.75, 3.05) is 55.4 Å². The van der Waals surface area contributed by atoms with Crippen molar-refractivity contribution in [2.45, 2.75) is 71.1 Å². The SMILES string of the molecule is CCCCOc1nc(N)c2c(n1)N(CCCCCN1CCCCCCC1)CN2. The van der Waals surface area contributed by atoms with Crippen LogP contribution in [0.1, 0.15) is 71.1 Å². The molecule has 28 heavy (non-hydrogen) atoms. The highest BCUT2D eigenvalue weighted by Gasteiger charge is 2.24. The van der Waals surface area contributed by atoms with Gasteiger partial charge in [0.25, 0.3) is 0 Å². The summed E-state index contributed by atoms with van der Waals surface area (Å²) in [7, 11) is 0. The fourth-order valence-electron chi connectivity index (χ4n) is 4.00. The number of aromatic nitrogens is 2. The molecule has 2 aliphatic heterocycles. The van der Waals surface area contributed by atoms with Crippen LogP contribution in [0.15, 0.2) is 0 Å². The lowest BCUT2D eigenvalue weighted by molar-refractivity contribution is 0.242. The number of rotatable bonds is 10. The highest BCUT2D eigenvalue weighted by molar-refractivity contribution is 5.80. The molecule has 3 heterocycles. The van der Waals surface area contributed by atoms with Crippen molar-refractivity contribution in [3.8, 4) is 6.01 Å². The number of likely N-dealkylation sites (tertiary alicyclic amines) is 1. The van der Waals surface area contributed by atoms with Gasteiger partial charge in [-0.25, -0.2) is 0 Å². The zero-order chi connectivity index (χ0) is 19.6. The van der Waals surface area contributed by atoms with Crippen LogP contribution in [0.25, 0.3) is 0 Å². The van der Waals surface area contributed by atoms with Crippen LogP contribution in [0.2, 0.25) is 0 Å². The molecule has 3 rings (SSSR count). The number of nitrogen functional groups attached to an aromatic ring is 1. The molecular weight excluding hydrogens is 352 g/mol. The van der Waals surface area contributed by atoms with E-state index >= 15 is 0 Å². The van der Waals surface area contributed by atoms with E-state index in [1.165, 1.54) is 71.0 Å². The van der Waals surface area contributed by atoms with E-state index in [0.29, 0.717) is 18.4 Å². The summed E-state index contributed by atoms with van der Waals surface area (Å²) in [5.74, 6) is 1.37. The first-order valence-electron chi connectivity index (χ1n) is 11.3. The molecule has 1 aromatic rings. The van der Waals surface area contributed by atoms with Gasteiger partial charge >= 0.3 is 6.01 Å². The topological polar surface area (TPSA) is 79.5 Å². The second-order valence-corrected chi connectivity index (χ2v) is 8.06. The number of hydrogen-bond donors (Lipinski definition) is 2. The molecule has 1 aromatic heterocycles.